The highest BCUT2D eigenvalue weighted by atomic mass is 32.2. The molecular weight excluding hydrogens is 498 g/mol. The number of nitrogens with zero attached hydrogens (tertiary/aromatic N) is 1. The van der Waals surface area contributed by atoms with Crippen LogP contribution in [0.4, 0.5) is 0 Å². The van der Waals surface area contributed by atoms with Crippen LogP contribution in [0.15, 0.2) is 71.6 Å². The van der Waals surface area contributed by atoms with Crippen LogP contribution in [0.1, 0.15) is 42.4 Å². The number of hydrogen-bond donors (Lipinski definition) is 0. The van der Waals surface area contributed by atoms with Gasteiger partial charge in [0.1, 0.15) is 29.6 Å². The first-order valence-electron chi connectivity index (χ1n) is 13.2. The molecule has 1 saturated heterocycles. The minimum absolute atomic E-state index is 0.307. The molecule has 3 aromatic carbocycles. The molecule has 0 spiro atoms. The number of hydrogen-bond acceptors (Lipinski definition) is 6. The van der Waals surface area contributed by atoms with Crippen LogP contribution < -0.4 is 14.2 Å². The van der Waals surface area contributed by atoms with E-state index >= 15 is 0 Å². The Balaban J connectivity index is 1.38. The summed E-state index contributed by atoms with van der Waals surface area (Å²) in [7, 11) is -1.59. The number of likely N-dealkylation sites (tertiary alicyclic amines) is 1. The van der Waals surface area contributed by atoms with Crippen molar-refractivity contribution in [2.24, 2.45) is 0 Å². The predicted octanol–water partition coefficient (Wildman–Crippen LogP) is 5.86. The lowest BCUT2D eigenvalue weighted by molar-refractivity contribution is 0.183. The van der Waals surface area contributed by atoms with Crippen molar-refractivity contribution >= 4 is 21.2 Å². The maximum absolute atomic E-state index is 12.0. The van der Waals surface area contributed by atoms with E-state index < -0.39 is 9.84 Å². The van der Waals surface area contributed by atoms with Gasteiger partial charge in [-0.1, -0.05) is 18.6 Å². The number of piperidine rings is 1. The molecular formula is C31H35NO5S. The fraction of sp³-hybridized carbons (Fsp3) is 0.355. The van der Waals surface area contributed by atoms with Crippen LogP contribution in [0.25, 0.3) is 11.3 Å². The van der Waals surface area contributed by atoms with Gasteiger partial charge in [-0.25, -0.2) is 8.42 Å². The van der Waals surface area contributed by atoms with Gasteiger partial charge < -0.3 is 14.2 Å². The molecule has 0 unspecified atom stereocenters. The summed E-state index contributed by atoms with van der Waals surface area (Å²) in [6, 6.07) is 20.9. The lowest BCUT2D eigenvalue weighted by Gasteiger charge is -2.26. The van der Waals surface area contributed by atoms with Crippen molar-refractivity contribution in [2.45, 2.75) is 37.0 Å². The zero-order chi connectivity index (χ0) is 26.5. The minimum Gasteiger partial charge on any atom is -0.497 e. The fourth-order valence-corrected chi connectivity index (χ4v) is 5.78. The number of benzene rings is 3. The summed E-state index contributed by atoms with van der Waals surface area (Å²) in [6.45, 7) is 3.96. The van der Waals surface area contributed by atoms with Crippen LogP contribution in [0, 0.1) is 0 Å². The van der Waals surface area contributed by atoms with Crippen molar-refractivity contribution in [1.29, 1.82) is 0 Å². The molecule has 1 fully saturated rings. The Morgan fingerprint density at radius 2 is 1.50 bits per heavy atom. The molecule has 1 heterocycles. The Hall–Kier alpha value is -3.29. The number of methoxy groups -OCH3 is 1. The van der Waals surface area contributed by atoms with Crippen molar-refractivity contribution in [2.75, 3.05) is 39.6 Å². The van der Waals surface area contributed by atoms with Gasteiger partial charge in [-0.05, 0) is 104 Å². The van der Waals surface area contributed by atoms with E-state index in [9.17, 15) is 8.42 Å². The molecule has 200 valence electrons. The van der Waals surface area contributed by atoms with Gasteiger partial charge in [-0.2, -0.15) is 0 Å². The lowest BCUT2D eigenvalue weighted by Crippen LogP contribution is -2.33. The van der Waals surface area contributed by atoms with Gasteiger partial charge >= 0.3 is 0 Å². The van der Waals surface area contributed by atoms with Crippen molar-refractivity contribution < 1.29 is 22.6 Å². The summed E-state index contributed by atoms with van der Waals surface area (Å²) in [5.74, 6) is 3.14. The monoisotopic (exact) mass is 533 g/mol. The van der Waals surface area contributed by atoms with Crippen LogP contribution in [-0.2, 0) is 16.3 Å². The lowest BCUT2D eigenvalue weighted by atomic mass is 9.87. The third-order valence-corrected chi connectivity index (χ3v) is 8.40. The first-order valence-corrected chi connectivity index (χ1v) is 15.1. The molecule has 2 aliphatic rings. The Kier molecular flexibility index (Phi) is 8.05. The molecule has 0 saturated carbocycles. The van der Waals surface area contributed by atoms with E-state index in [4.69, 9.17) is 14.2 Å². The molecule has 0 bridgehead atoms. The van der Waals surface area contributed by atoms with Gasteiger partial charge in [0.25, 0.3) is 0 Å². The van der Waals surface area contributed by atoms with E-state index in [2.05, 4.69) is 11.0 Å². The summed E-state index contributed by atoms with van der Waals surface area (Å²) in [4.78, 5) is 2.77. The standard InChI is InChI=1S/C31H35NO5S/c1-35-27-13-17-30-24(22-27)8-16-29(23-6-14-28(15-7-23)38(2,33)34)31(30)37-26-11-9-25(10-12-26)36-21-20-32-18-4-3-5-19-32/h6-7,9-15,17,22H,3-5,8,16,18-21H2,1-2H3. The molecule has 6 nitrogen and oxygen atoms in total. The average molecular weight is 534 g/mol. The summed E-state index contributed by atoms with van der Waals surface area (Å²) in [5.41, 5.74) is 4.17. The number of allylic oxidation sites excluding steroid dienone is 1. The van der Waals surface area contributed by atoms with Crippen LogP contribution in [0.3, 0.4) is 0 Å². The Labute approximate surface area is 225 Å². The van der Waals surface area contributed by atoms with Crippen molar-refractivity contribution in [3.05, 3.63) is 83.4 Å². The molecule has 0 aromatic heterocycles. The predicted molar refractivity (Wildman–Crippen MR) is 151 cm³/mol. The SMILES string of the molecule is COc1ccc2c(c1)CCC(c1ccc(S(C)(=O)=O)cc1)=C2Oc1ccc(OCCN2CCCCC2)cc1. The fourth-order valence-electron chi connectivity index (χ4n) is 5.15. The van der Waals surface area contributed by atoms with Gasteiger partial charge in [0.15, 0.2) is 9.84 Å². The van der Waals surface area contributed by atoms with Crippen molar-refractivity contribution in [1.82, 2.24) is 4.90 Å². The molecule has 38 heavy (non-hydrogen) atoms. The maximum Gasteiger partial charge on any atom is 0.175 e. The van der Waals surface area contributed by atoms with E-state index in [-0.39, 0.29) is 0 Å². The van der Waals surface area contributed by atoms with E-state index in [1.54, 1.807) is 19.2 Å². The van der Waals surface area contributed by atoms with Gasteiger partial charge in [-0.15, -0.1) is 0 Å². The number of fused-ring (bicyclic) bond motifs is 1. The van der Waals surface area contributed by atoms with Gasteiger partial charge in [0.05, 0.1) is 12.0 Å². The molecule has 7 heteroatoms. The number of aryl methyl sites for hydroxylation is 1. The smallest absolute Gasteiger partial charge is 0.175 e. The van der Waals surface area contributed by atoms with Crippen molar-refractivity contribution in [3.8, 4) is 17.2 Å². The second kappa shape index (κ2) is 11.6. The molecule has 0 N–H and O–H groups in total. The first-order chi connectivity index (χ1) is 18.4. The van der Waals surface area contributed by atoms with Crippen LogP contribution in [0.5, 0.6) is 17.2 Å². The highest BCUT2D eigenvalue weighted by molar-refractivity contribution is 7.90. The summed E-state index contributed by atoms with van der Waals surface area (Å²) in [5, 5.41) is 0. The summed E-state index contributed by atoms with van der Waals surface area (Å²) in [6.07, 6.45) is 6.73. The largest absolute Gasteiger partial charge is 0.497 e. The molecule has 0 atom stereocenters. The normalized spacial score (nSPS) is 16.2. The minimum atomic E-state index is -3.26. The Morgan fingerprint density at radius 1 is 0.816 bits per heavy atom. The molecule has 0 radical (unpaired) electrons. The van der Waals surface area contributed by atoms with Gasteiger partial charge in [0, 0.05) is 23.9 Å². The molecule has 5 rings (SSSR count). The quantitative estimate of drug-likeness (QED) is 0.343. The molecule has 3 aromatic rings. The molecule has 0 amide bonds. The van der Waals surface area contributed by atoms with Crippen molar-refractivity contribution in [3.63, 3.8) is 0 Å². The van der Waals surface area contributed by atoms with E-state index in [0.29, 0.717) is 11.5 Å². The maximum atomic E-state index is 12.0. The highest BCUT2D eigenvalue weighted by Crippen LogP contribution is 2.40. The molecule has 1 aliphatic carbocycles. The van der Waals surface area contributed by atoms with Crippen LogP contribution >= 0.6 is 0 Å². The Bertz CT molecular complexity index is 1390. The average Bonchev–Trinajstić information content (AvgIpc) is 2.94. The van der Waals surface area contributed by atoms with Gasteiger partial charge in [0.2, 0.25) is 0 Å². The second-order valence-corrected chi connectivity index (χ2v) is 12.0. The van der Waals surface area contributed by atoms with Gasteiger partial charge in [-0.3, -0.25) is 4.90 Å². The Morgan fingerprint density at radius 3 is 2.18 bits per heavy atom. The third-order valence-electron chi connectivity index (χ3n) is 7.27. The van der Waals surface area contributed by atoms with Crippen LogP contribution in [0.2, 0.25) is 0 Å². The van der Waals surface area contributed by atoms with E-state index in [1.807, 2.05) is 48.5 Å². The van der Waals surface area contributed by atoms with Crippen LogP contribution in [-0.4, -0.2) is 52.9 Å². The second-order valence-electron chi connectivity index (χ2n) is 9.95. The number of rotatable bonds is 9. The third kappa shape index (κ3) is 6.22. The number of ether oxygens (including phenoxy) is 3. The summed E-state index contributed by atoms with van der Waals surface area (Å²) >= 11 is 0. The van der Waals surface area contributed by atoms with E-state index in [0.717, 1.165) is 77.7 Å². The molecule has 1 aliphatic heterocycles. The highest BCUT2D eigenvalue weighted by Gasteiger charge is 2.23. The number of sulfone groups is 1. The zero-order valence-corrected chi connectivity index (χ0v) is 22.9. The zero-order valence-electron chi connectivity index (χ0n) is 22.1. The summed E-state index contributed by atoms with van der Waals surface area (Å²) < 4.78 is 41.9. The topological polar surface area (TPSA) is 65.1 Å². The first kappa shape index (κ1) is 26.3. The van der Waals surface area contributed by atoms with E-state index in [1.165, 1.54) is 25.5 Å².